The van der Waals surface area contributed by atoms with Crippen molar-refractivity contribution in [1.82, 2.24) is 4.98 Å². The van der Waals surface area contributed by atoms with E-state index in [0.717, 1.165) is 5.69 Å². The minimum absolute atomic E-state index is 0.0618. The van der Waals surface area contributed by atoms with Gasteiger partial charge in [-0.3, -0.25) is 4.98 Å². The summed E-state index contributed by atoms with van der Waals surface area (Å²) in [4.78, 5) is 4.25. The number of halogens is 1. The first-order valence-corrected chi connectivity index (χ1v) is 5.99. The highest BCUT2D eigenvalue weighted by Gasteiger charge is 2.11. The van der Waals surface area contributed by atoms with Crippen LogP contribution in [0.1, 0.15) is 29.8 Å². The lowest BCUT2D eigenvalue weighted by Gasteiger charge is -2.17. The molecule has 4 heteroatoms. The van der Waals surface area contributed by atoms with E-state index in [1.165, 1.54) is 6.07 Å². The van der Waals surface area contributed by atoms with Gasteiger partial charge in [0.05, 0.1) is 23.4 Å². The molecule has 96 valence electrons. The zero-order valence-corrected chi connectivity index (χ0v) is 10.8. The van der Waals surface area contributed by atoms with Gasteiger partial charge in [0.25, 0.3) is 0 Å². The molecule has 19 heavy (non-hydrogen) atoms. The predicted octanol–water partition coefficient (Wildman–Crippen LogP) is 3.57. The number of hydrogen-bond acceptors (Lipinski definition) is 3. The van der Waals surface area contributed by atoms with Gasteiger partial charge in [0.15, 0.2) is 0 Å². The SMILES string of the molecule is Cc1c(F)cc(C#N)cc1NC(C)c1ccccn1. The Bertz CT molecular complexity index is 617. The first-order valence-electron chi connectivity index (χ1n) is 5.99. The van der Waals surface area contributed by atoms with E-state index in [-0.39, 0.29) is 11.9 Å². The molecule has 2 aromatic rings. The fraction of sp³-hybridized carbons (Fsp3) is 0.200. The van der Waals surface area contributed by atoms with Crippen molar-refractivity contribution in [1.29, 1.82) is 5.26 Å². The van der Waals surface area contributed by atoms with Crippen molar-refractivity contribution in [2.45, 2.75) is 19.9 Å². The van der Waals surface area contributed by atoms with Gasteiger partial charge < -0.3 is 5.32 Å². The zero-order valence-electron chi connectivity index (χ0n) is 10.8. The molecule has 0 aliphatic rings. The second-order valence-electron chi connectivity index (χ2n) is 4.36. The Morgan fingerprint density at radius 3 is 2.79 bits per heavy atom. The van der Waals surface area contributed by atoms with Crippen LogP contribution in [0.25, 0.3) is 0 Å². The van der Waals surface area contributed by atoms with E-state index in [1.54, 1.807) is 19.2 Å². The maximum absolute atomic E-state index is 13.7. The second-order valence-corrected chi connectivity index (χ2v) is 4.36. The van der Waals surface area contributed by atoms with Crippen LogP contribution < -0.4 is 5.32 Å². The highest BCUT2D eigenvalue weighted by atomic mass is 19.1. The summed E-state index contributed by atoms with van der Waals surface area (Å²) in [5, 5.41) is 12.1. The van der Waals surface area contributed by atoms with Gasteiger partial charge in [-0.15, -0.1) is 0 Å². The minimum atomic E-state index is -0.380. The molecule has 0 amide bonds. The molecule has 1 N–H and O–H groups in total. The van der Waals surface area contributed by atoms with E-state index < -0.39 is 0 Å². The Kier molecular flexibility index (Phi) is 3.76. The van der Waals surface area contributed by atoms with Crippen LogP contribution in [0, 0.1) is 24.1 Å². The van der Waals surface area contributed by atoms with Gasteiger partial charge in [-0.05, 0) is 38.1 Å². The van der Waals surface area contributed by atoms with Crippen LogP contribution in [0.3, 0.4) is 0 Å². The van der Waals surface area contributed by atoms with Gasteiger partial charge in [-0.2, -0.15) is 5.26 Å². The molecule has 0 saturated heterocycles. The van der Waals surface area contributed by atoms with Crippen molar-refractivity contribution in [3.8, 4) is 6.07 Å². The number of nitrogens with zero attached hydrogens (tertiary/aromatic N) is 2. The number of hydrogen-bond donors (Lipinski definition) is 1. The summed E-state index contributed by atoms with van der Waals surface area (Å²) in [6.07, 6.45) is 1.71. The maximum atomic E-state index is 13.7. The zero-order chi connectivity index (χ0) is 13.8. The Morgan fingerprint density at radius 1 is 1.37 bits per heavy atom. The molecule has 1 aromatic carbocycles. The summed E-state index contributed by atoms with van der Waals surface area (Å²) in [5.41, 5.74) is 2.29. The number of nitrogens with one attached hydrogen (secondary N) is 1. The molecule has 0 saturated carbocycles. The molecule has 0 aliphatic carbocycles. The van der Waals surface area contributed by atoms with Crippen LogP contribution in [0.15, 0.2) is 36.5 Å². The van der Waals surface area contributed by atoms with Crippen molar-refractivity contribution >= 4 is 5.69 Å². The van der Waals surface area contributed by atoms with Crippen LogP contribution >= 0.6 is 0 Å². The monoisotopic (exact) mass is 255 g/mol. The molecule has 1 atom stereocenters. The molecule has 0 bridgehead atoms. The summed E-state index contributed by atoms with van der Waals surface area (Å²) in [7, 11) is 0. The van der Waals surface area contributed by atoms with E-state index in [4.69, 9.17) is 5.26 Å². The molecular formula is C15H14FN3. The maximum Gasteiger partial charge on any atom is 0.129 e. The number of rotatable bonds is 3. The third kappa shape index (κ3) is 2.89. The molecular weight excluding hydrogens is 241 g/mol. The fourth-order valence-corrected chi connectivity index (χ4v) is 1.83. The van der Waals surface area contributed by atoms with Crippen LogP contribution in [0.4, 0.5) is 10.1 Å². The lowest BCUT2D eigenvalue weighted by molar-refractivity contribution is 0.618. The van der Waals surface area contributed by atoms with E-state index in [1.807, 2.05) is 31.2 Å². The summed E-state index contributed by atoms with van der Waals surface area (Å²) in [6.45, 7) is 3.63. The minimum Gasteiger partial charge on any atom is -0.377 e. The number of benzene rings is 1. The molecule has 1 unspecified atom stereocenters. The van der Waals surface area contributed by atoms with E-state index in [9.17, 15) is 4.39 Å². The summed E-state index contributed by atoms with van der Waals surface area (Å²) in [6, 6.07) is 10.4. The van der Waals surface area contributed by atoms with Gasteiger partial charge in [-0.1, -0.05) is 6.07 Å². The van der Waals surface area contributed by atoms with Crippen LogP contribution in [-0.4, -0.2) is 4.98 Å². The van der Waals surface area contributed by atoms with Crippen molar-refractivity contribution in [3.05, 3.63) is 59.2 Å². The van der Waals surface area contributed by atoms with Crippen molar-refractivity contribution in [2.24, 2.45) is 0 Å². The highest BCUT2D eigenvalue weighted by Crippen LogP contribution is 2.24. The smallest absolute Gasteiger partial charge is 0.129 e. The Balaban J connectivity index is 2.29. The predicted molar refractivity (Wildman–Crippen MR) is 72.1 cm³/mol. The number of nitriles is 1. The Hall–Kier alpha value is -2.41. The topological polar surface area (TPSA) is 48.7 Å². The number of anilines is 1. The Morgan fingerprint density at radius 2 is 2.16 bits per heavy atom. The first-order chi connectivity index (χ1) is 9.11. The molecule has 0 aliphatic heterocycles. The van der Waals surface area contributed by atoms with E-state index in [0.29, 0.717) is 16.8 Å². The van der Waals surface area contributed by atoms with Crippen LogP contribution in [0.5, 0.6) is 0 Å². The number of aromatic nitrogens is 1. The largest absolute Gasteiger partial charge is 0.377 e. The van der Waals surface area contributed by atoms with Gasteiger partial charge in [0, 0.05) is 17.4 Å². The van der Waals surface area contributed by atoms with E-state index >= 15 is 0 Å². The third-order valence-electron chi connectivity index (χ3n) is 2.98. The van der Waals surface area contributed by atoms with Crippen molar-refractivity contribution in [3.63, 3.8) is 0 Å². The van der Waals surface area contributed by atoms with E-state index in [2.05, 4.69) is 10.3 Å². The first kappa shape index (κ1) is 13.0. The highest BCUT2D eigenvalue weighted by molar-refractivity contribution is 5.56. The molecule has 1 heterocycles. The lowest BCUT2D eigenvalue weighted by Crippen LogP contribution is -2.10. The van der Waals surface area contributed by atoms with Gasteiger partial charge >= 0.3 is 0 Å². The molecule has 3 nitrogen and oxygen atoms in total. The molecule has 0 spiro atoms. The number of pyridine rings is 1. The Labute approximate surface area is 111 Å². The summed E-state index contributed by atoms with van der Waals surface area (Å²) < 4.78 is 13.7. The molecule has 0 fully saturated rings. The van der Waals surface area contributed by atoms with Gasteiger partial charge in [-0.25, -0.2) is 4.39 Å². The fourth-order valence-electron chi connectivity index (χ4n) is 1.83. The van der Waals surface area contributed by atoms with Gasteiger partial charge in [0.2, 0.25) is 0 Å². The second kappa shape index (κ2) is 5.49. The summed E-state index contributed by atoms with van der Waals surface area (Å²) in [5.74, 6) is -0.380. The molecule has 0 radical (unpaired) electrons. The van der Waals surface area contributed by atoms with Crippen LogP contribution in [0.2, 0.25) is 0 Å². The van der Waals surface area contributed by atoms with Crippen LogP contribution in [-0.2, 0) is 0 Å². The lowest BCUT2D eigenvalue weighted by atomic mass is 10.1. The quantitative estimate of drug-likeness (QED) is 0.912. The van der Waals surface area contributed by atoms with Gasteiger partial charge in [0.1, 0.15) is 5.82 Å². The van der Waals surface area contributed by atoms with Crippen molar-refractivity contribution < 1.29 is 4.39 Å². The average molecular weight is 255 g/mol. The normalized spacial score (nSPS) is 11.7. The third-order valence-corrected chi connectivity index (χ3v) is 2.98. The van der Waals surface area contributed by atoms with Crippen molar-refractivity contribution in [2.75, 3.05) is 5.32 Å². The summed E-state index contributed by atoms with van der Waals surface area (Å²) >= 11 is 0. The average Bonchev–Trinajstić information content (AvgIpc) is 2.44. The standard InChI is InChI=1S/C15H14FN3/c1-10-13(16)7-12(9-17)8-15(10)19-11(2)14-5-3-4-6-18-14/h3-8,11,19H,1-2H3. The molecule has 2 rings (SSSR count). The molecule has 1 aromatic heterocycles.